The lowest BCUT2D eigenvalue weighted by Crippen LogP contribution is -2.23. The number of nitrogens with zero attached hydrogens (tertiary/aromatic N) is 2. The van der Waals surface area contributed by atoms with Crippen molar-refractivity contribution in [2.24, 2.45) is 5.92 Å². The molecule has 1 aliphatic rings. The second-order valence-corrected chi connectivity index (χ2v) is 6.42. The molecule has 0 amide bonds. The van der Waals surface area contributed by atoms with Gasteiger partial charge in [0.15, 0.2) is 5.69 Å². The zero-order valence-electron chi connectivity index (χ0n) is 13.5. The van der Waals surface area contributed by atoms with E-state index in [2.05, 4.69) is 15.3 Å². The molecule has 1 aromatic heterocycles. The quantitative estimate of drug-likeness (QED) is 0.745. The zero-order chi connectivity index (χ0) is 18.7. The van der Waals surface area contributed by atoms with Crippen molar-refractivity contribution in [1.29, 1.82) is 0 Å². The summed E-state index contributed by atoms with van der Waals surface area (Å²) in [6.45, 7) is 0.110. The van der Waals surface area contributed by atoms with E-state index in [-0.39, 0.29) is 18.5 Å². The van der Waals surface area contributed by atoms with Gasteiger partial charge in [0.2, 0.25) is 5.95 Å². The van der Waals surface area contributed by atoms with Gasteiger partial charge in [-0.3, -0.25) is 0 Å². The Morgan fingerprint density at radius 1 is 1.35 bits per heavy atom. The molecule has 0 unspecified atom stereocenters. The summed E-state index contributed by atoms with van der Waals surface area (Å²) >= 11 is 5.84. The molecule has 1 heterocycles. The van der Waals surface area contributed by atoms with Gasteiger partial charge in [-0.1, -0.05) is 24.1 Å². The van der Waals surface area contributed by atoms with Crippen molar-refractivity contribution >= 4 is 29.2 Å². The fourth-order valence-electron chi connectivity index (χ4n) is 2.43. The summed E-state index contributed by atoms with van der Waals surface area (Å²) in [7, 11) is 0. The average Bonchev–Trinajstić information content (AvgIpc) is 2.52. The molecular weight excluding hydrogens is 371 g/mol. The highest BCUT2D eigenvalue weighted by Crippen LogP contribution is 2.32. The Labute approximate surface area is 152 Å². The van der Waals surface area contributed by atoms with E-state index in [0.717, 1.165) is 25.5 Å². The van der Waals surface area contributed by atoms with E-state index in [4.69, 9.17) is 16.3 Å². The van der Waals surface area contributed by atoms with Crippen LogP contribution in [-0.4, -0.2) is 22.5 Å². The molecule has 0 saturated heterocycles. The Morgan fingerprint density at radius 2 is 2.12 bits per heavy atom. The van der Waals surface area contributed by atoms with Gasteiger partial charge >= 0.3 is 12.1 Å². The third-order valence-corrected chi connectivity index (χ3v) is 4.27. The van der Waals surface area contributed by atoms with E-state index in [1.165, 1.54) is 6.07 Å². The van der Waals surface area contributed by atoms with Gasteiger partial charge in [-0.25, -0.2) is 14.8 Å². The number of hydrogen-bond acceptors (Lipinski definition) is 5. The molecule has 0 atom stereocenters. The van der Waals surface area contributed by atoms with Gasteiger partial charge in [0, 0.05) is 16.9 Å². The Balaban J connectivity index is 1.82. The molecule has 26 heavy (non-hydrogen) atoms. The molecule has 1 aliphatic carbocycles. The fraction of sp³-hybridized carbons (Fsp3) is 0.353. The van der Waals surface area contributed by atoms with Gasteiger partial charge in [-0.05, 0) is 37.0 Å². The number of anilines is 2. The second-order valence-electron chi connectivity index (χ2n) is 5.98. The van der Waals surface area contributed by atoms with Gasteiger partial charge < -0.3 is 10.1 Å². The van der Waals surface area contributed by atoms with Crippen molar-refractivity contribution in [1.82, 2.24) is 9.97 Å². The van der Waals surface area contributed by atoms with Crippen molar-refractivity contribution < 1.29 is 22.7 Å². The van der Waals surface area contributed by atoms with E-state index in [9.17, 15) is 18.0 Å². The molecule has 5 nitrogen and oxygen atoms in total. The molecule has 1 aromatic carbocycles. The van der Waals surface area contributed by atoms with Crippen LogP contribution in [0.25, 0.3) is 0 Å². The Morgan fingerprint density at radius 3 is 2.73 bits per heavy atom. The number of hydrogen-bond donors (Lipinski definition) is 1. The first kappa shape index (κ1) is 18.4. The molecule has 0 spiro atoms. The van der Waals surface area contributed by atoms with Crippen LogP contribution in [0.1, 0.15) is 35.3 Å². The Kier molecular flexibility index (Phi) is 5.31. The fourth-order valence-corrected chi connectivity index (χ4v) is 2.62. The van der Waals surface area contributed by atoms with E-state index < -0.39 is 23.4 Å². The Hall–Kier alpha value is -2.35. The van der Waals surface area contributed by atoms with Crippen molar-refractivity contribution in [3.8, 4) is 0 Å². The summed E-state index contributed by atoms with van der Waals surface area (Å²) < 4.78 is 44.9. The Bertz CT molecular complexity index is 810. The number of ether oxygens (including phenoxy) is 1. The van der Waals surface area contributed by atoms with Crippen LogP contribution in [0.3, 0.4) is 0 Å². The lowest BCUT2D eigenvalue weighted by molar-refractivity contribution is -0.141. The predicted molar refractivity (Wildman–Crippen MR) is 89.4 cm³/mol. The zero-order valence-corrected chi connectivity index (χ0v) is 14.3. The van der Waals surface area contributed by atoms with E-state index >= 15 is 0 Å². The van der Waals surface area contributed by atoms with Crippen molar-refractivity contribution in [2.45, 2.75) is 25.4 Å². The number of carbonyl (C=O) groups excluding carboxylic acids is 1. The summed E-state index contributed by atoms with van der Waals surface area (Å²) in [5.41, 5.74) is -1.62. The minimum Gasteiger partial charge on any atom is -0.462 e. The van der Waals surface area contributed by atoms with Gasteiger partial charge in [0.1, 0.15) is 5.56 Å². The molecule has 1 N–H and O–H groups in total. The number of carbonyl (C=O) groups is 1. The van der Waals surface area contributed by atoms with Gasteiger partial charge in [0.05, 0.1) is 6.61 Å². The first-order valence-electron chi connectivity index (χ1n) is 7.97. The van der Waals surface area contributed by atoms with Crippen molar-refractivity contribution in [3.05, 3.63) is 46.7 Å². The van der Waals surface area contributed by atoms with Crippen LogP contribution < -0.4 is 5.32 Å². The number of aromatic nitrogens is 2. The standard InChI is InChI=1S/C17H15ClF3N3O2/c18-11-5-2-6-12(7-11)23-16-22-8-13(14(24-16)17(19,20)21)15(25)26-9-10-3-1-4-10/h2,5-8,10H,1,3-4,9H2,(H,22,23,24). The van der Waals surface area contributed by atoms with Crippen LogP contribution in [0.2, 0.25) is 5.02 Å². The molecule has 2 aromatic rings. The van der Waals surface area contributed by atoms with Gasteiger partial charge in [-0.2, -0.15) is 13.2 Å². The molecule has 0 aliphatic heterocycles. The van der Waals surface area contributed by atoms with Crippen LogP contribution in [0.4, 0.5) is 24.8 Å². The average molecular weight is 386 g/mol. The minimum atomic E-state index is -4.82. The van der Waals surface area contributed by atoms with Crippen LogP contribution >= 0.6 is 11.6 Å². The number of esters is 1. The first-order chi connectivity index (χ1) is 12.3. The number of rotatable bonds is 5. The van der Waals surface area contributed by atoms with E-state index in [1.807, 2.05) is 0 Å². The minimum absolute atomic E-state index is 0.110. The SMILES string of the molecule is O=C(OCC1CCC1)c1cnc(Nc2cccc(Cl)c2)nc1C(F)(F)F. The number of halogens is 4. The van der Waals surface area contributed by atoms with E-state index in [0.29, 0.717) is 10.7 Å². The van der Waals surface area contributed by atoms with Crippen LogP contribution in [-0.2, 0) is 10.9 Å². The second kappa shape index (κ2) is 7.49. The number of benzene rings is 1. The third kappa shape index (κ3) is 4.43. The lowest BCUT2D eigenvalue weighted by Gasteiger charge is -2.24. The highest BCUT2D eigenvalue weighted by atomic mass is 35.5. The molecule has 3 rings (SSSR count). The van der Waals surface area contributed by atoms with E-state index in [1.54, 1.807) is 18.2 Å². The maximum absolute atomic E-state index is 13.3. The molecular formula is C17H15ClF3N3O2. The third-order valence-electron chi connectivity index (χ3n) is 4.03. The number of nitrogens with one attached hydrogen (secondary N) is 1. The molecule has 0 bridgehead atoms. The lowest BCUT2D eigenvalue weighted by atomic mass is 9.86. The summed E-state index contributed by atoms with van der Waals surface area (Å²) in [4.78, 5) is 19.3. The summed E-state index contributed by atoms with van der Waals surface area (Å²) in [6, 6.07) is 6.36. The molecule has 9 heteroatoms. The molecule has 138 valence electrons. The van der Waals surface area contributed by atoms with Crippen molar-refractivity contribution in [2.75, 3.05) is 11.9 Å². The van der Waals surface area contributed by atoms with Crippen molar-refractivity contribution in [3.63, 3.8) is 0 Å². The highest BCUT2D eigenvalue weighted by molar-refractivity contribution is 6.30. The monoisotopic (exact) mass is 385 g/mol. The normalized spacial score (nSPS) is 14.6. The summed E-state index contributed by atoms with van der Waals surface area (Å²) in [5, 5.41) is 3.04. The van der Waals surface area contributed by atoms with Gasteiger partial charge in [0.25, 0.3) is 0 Å². The van der Waals surface area contributed by atoms with Gasteiger partial charge in [-0.15, -0.1) is 0 Å². The topological polar surface area (TPSA) is 64.1 Å². The van der Waals surface area contributed by atoms with Crippen LogP contribution in [0.15, 0.2) is 30.5 Å². The number of alkyl halides is 3. The highest BCUT2D eigenvalue weighted by Gasteiger charge is 2.39. The summed E-state index contributed by atoms with van der Waals surface area (Å²) in [6.07, 6.45) is -1.12. The van der Waals surface area contributed by atoms with Crippen LogP contribution in [0, 0.1) is 5.92 Å². The molecule has 0 radical (unpaired) electrons. The summed E-state index contributed by atoms with van der Waals surface area (Å²) in [5.74, 6) is -1.15. The molecule has 1 saturated carbocycles. The smallest absolute Gasteiger partial charge is 0.434 e. The molecule has 1 fully saturated rings. The maximum atomic E-state index is 13.3. The first-order valence-corrected chi connectivity index (χ1v) is 8.34. The van der Waals surface area contributed by atoms with Crippen LogP contribution in [0.5, 0.6) is 0 Å². The largest absolute Gasteiger partial charge is 0.462 e. The predicted octanol–water partition coefficient (Wildman–Crippen LogP) is 4.85. The maximum Gasteiger partial charge on any atom is 0.434 e.